The Morgan fingerprint density at radius 1 is 1.27 bits per heavy atom. The molecule has 0 bridgehead atoms. The van der Waals surface area contributed by atoms with Crippen molar-refractivity contribution in [3.05, 3.63) is 71.1 Å². The van der Waals surface area contributed by atoms with E-state index < -0.39 is 6.10 Å². The van der Waals surface area contributed by atoms with Gasteiger partial charge in [0.15, 0.2) is 0 Å². The van der Waals surface area contributed by atoms with Crippen molar-refractivity contribution in [2.45, 2.75) is 32.4 Å². The summed E-state index contributed by atoms with van der Waals surface area (Å²) in [5.41, 5.74) is 2.75. The molecule has 3 aromatic rings. The minimum atomic E-state index is -0.644. The molecule has 3 rings (SSSR count). The molecule has 134 valence electrons. The van der Waals surface area contributed by atoms with E-state index >= 15 is 0 Å². The molecular weight excluding hydrogens is 330 g/mol. The van der Waals surface area contributed by atoms with Crippen LogP contribution in [0.1, 0.15) is 47.9 Å². The predicted molar refractivity (Wildman–Crippen MR) is 96.3 cm³/mol. The van der Waals surface area contributed by atoms with E-state index in [2.05, 4.69) is 22.0 Å². The number of aliphatic hydroxyl groups is 2. The first-order chi connectivity index (χ1) is 12.7. The molecule has 1 atom stereocenters. The number of benzene rings is 1. The molecule has 0 amide bonds. The average molecular weight is 351 g/mol. The zero-order valence-corrected chi connectivity index (χ0v) is 14.6. The Morgan fingerprint density at radius 2 is 2.15 bits per heavy atom. The van der Waals surface area contributed by atoms with Crippen LogP contribution in [-0.2, 0) is 13.0 Å². The molecule has 0 aliphatic rings. The van der Waals surface area contributed by atoms with Crippen LogP contribution in [0.4, 0.5) is 0 Å². The molecule has 2 heterocycles. The largest absolute Gasteiger partial charge is 0.396 e. The maximum Gasteiger partial charge on any atom is 0.210 e. The van der Waals surface area contributed by atoms with Crippen LogP contribution in [-0.4, -0.2) is 31.5 Å². The summed E-state index contributed by atoms with van der Waals surface area (Å²) in [5.74, 6) is 7.12. The number of aryl methyl sites for hydroxylation is 1. The van der Waals surface area contributed by atoms with Crippen molar-refractivity contribution in [2.24, 2.45) is 0 Å². The summed E-state index contributed by atoms with van der Waals surface area (Å²) in [6.45, 7) is 2.32. The summed E-state index contributed by atoms with van der Waals surface area (Å²) in [7, 11) is 0. The first-order valence-corrected chi connectivity index (χ1v) is 8.52. The monoisotopic (exact) mass is 351 g/mol. The third kappa shape index (κ3) is 4.60. The van der Waals surface area contributed by atoms with Gasteiger partial charge in [0.1, 0.15) is 17.6 Å². The van der Waals surface area contributed by atoms with E-state index in [0.29, 0.717) is 23.8 Å². The van der Waals surface area contributed by atoms with Gasteiger partial charge in [-0.3, -0.25) is 0 Å². The minimum absolute atomic E-state index is 0.185. The Labute approximate surface area is 152 Å². The van der Waals surface area contributed by atoms with Crippen molar-refractivity contribution < 1.29 is 14.7 Å². The van der Waals surface area contributed by atoms with Crippen molar-refractivity contribution in [1.82, 2.24) is 14.7 Å². The summed E-state index contributed by atoms with van der Waals surface area (Å²) in [6.07, 6.45) is 4.36. The first kappa shape index (κ1) is 17.9. The molecule has 1 unspecified atom stereocenters. The van der Waals surface area contributed by atoms with Crippen LogP contribution in [0.2, 0.25) is 0 Å². The second-order valence-electron chi connectivity index (χ2n) is 6.05. The first-order valence-electron chi connectivity index (χ1n) is 8.52. The molecule has 0 spiro atoms. The quantitative estimate of drug-likeness (QED) is 0.666. The summed E-state index contributed by atoms with van der Waals surface area (Å²) in [5, 5.41) is 22.6. The van der Waals surface area contributed by atoms with Crippen LogP contribution in [0, 0.1) is 11.8 Å². The van der Waals surface area contributed by atoms with Gasteiger partial charge in [0.05, 0.1) is 6.54 Å². The van der Waals surface area contributed by atoms with E-state index in [0.717, 1.165) is 24.0 Å². The van der Waals surface area contributed by atoms with Gasteiger partial charge in [-0.15, -0.1) is 0 Å². The minimum Gasteiger partial charge on any atom is -0.396 e. The zero-order chi connectivity index (χ0) is 18.4. The Balaban J connectivity index is 1.69. The van der Waals surface area contributed by atoms with Gasteiger partial charge in [0.2, 0.25) is 5.76 Å². The smallest absolute Gasteiger partial charge is 0.210 e. The van der Waals surface area contributed by atoms with E-state index in [1.54, 1.807) is 25.4 Å². The fourth-order valence-corrected chi connectivity index (χ4v) is 2.66. The van der Waals surface area contributed by atoms with Gasteiger partial charge in [0.25, 0.3) is 0 Å². The van der Waals surface area contributed by atoms with Crippen molar-refractivity contribution in [2.75, 3.05) is 6.61 Å². The molecule has 6 heteroatoms. The Kier molecular flexibility index (Phi) is 5.84. The van der Waals surface area contributed by atoms with E-state index in [1.165, 1.54) is 0 Å². The Bertz CT molecular complexity index is 916. The molecule has 0 saturated heterocycles. The van der Waals surface area contributed by atoms with Crippen molar-refractivity contribution in [3.63, 3.8) is 0 Å². The molecule has 0 aliphatic heterocycles. The van der Waals surface area contributed by atoms with Crippen molar-refractivity contribution in [1.29, 1.82) is 0 Å². The van der Waals surface area contributed by atoms with E-state index in [9.17, 15) is 5.11 Å². The molecular formula is C20H21N3O3. The molecule has 26 heavy (non-hydrogen) atoms. The van der Waals surface area contributed by atoms with Crippen LogP contribution < -0.4 is 0 Å². The fourth-order valence-electron chi connectivity index (χ4n) is 2.66. The molecule has 6 nitrogen and oxygen atoms in total. The van der Waals surface area contributed by atoms with Gasteiger partial charge in [-0.2, -0.15) is 0 Å². The Morgan fingerprint density at radius 3 is 2.96 bits per heavy atom. The van der Waals surface area contributed by atoms with Crippen LogP contribution >= 0.6 is 0 Å². The topological polar surface area (TPSA) is 84.3 Å². The Hall–Kier alpha value is -2.88. The highest BCUT2D eigenvalue weighted by molar-refractivity contribution is 5.41. The summed E-state index contributed by atoms with van der Waals surface area (Å²) >= 11 is 0. The lowest BCUT2D eigenvalue weighted by Gasteiger charge is -2.07. The van der Waals surface area contributed by atoms with E-state index in [1.807, 2.05) is 28.8 Å². The summed E-state index contributed by atoms with van der Waals surface area (Å²) < 4.78 is 7.10. The maximum absolute atomic E-state index is 9.70. The third-order valence-electron chi connectivity index (χ3n) is 3.89. The lowest BCUT2D eigenvalue weighted by molar-refractivity contribution is 0.184. The SMILES string of the molecule is CC(O)c1nccn1Cc1cc(C#Cc2cccc(CCCO)c2)on1. The highest BCUT2D eigenvalue weighted by Crippen LogP contribution is 2.12. The second-order valence-corrected chi connectivity index (χ2v) is 6.05. The number of nitrogens with zero attached hydrogens (tertiary/aromatic N) is 3. The number of aromatic nitrogens is 3. The van der Waals surface area contributed by atoms with Crippen molar-refractivity contribution in [3.8, 4) is 11.8 Å². The van der Waals surface area contributed by atoms with Gasteiger partial charge < -0.3 is 19.3 Å². The van der Waals surface area contributed by atoms with Crippen LogP contribution in [0.5, 0.6) is 0 Å². The molecule has 1 aromatic carbocycles. The van der Waals surface area contributed by atoms with Crippen LogP contribution in [0.3, 0.4) is 0 Å². The second kappa shape index (κ2) is 8.48. The molecule has 2 aromatic heterocycles. The van der Waals surface area contributed by atoms with E-state index in [4.69, 9.17) is 9.63 Å². The maximum atomic E-state index is 9.70. The standard InChI is InChI=1S/C20H21N3O3/c1-15(25)20-21-9-10-23(20)14-18-13-19(26-22-18)8-7-17-5-2-4-16(12-17)6-3-11-24/h2,4-5,9-10,12-13,15,24-25H,3,6,11,14H2,1H3. The lowest BCUT2D eigenvalue weighted by atomic mass is 10.1. The number of hydrogen-bond acceptors (Lipinski definition) is 5. The third-order valence-corrected chi connectivity index (χ3v) is 3.89. The number of hydrogen-bond donors (Lipinski definition) is 2. The normalized spacial score (nSPS) is 11.8. The lowest BCUT2D eigenvalue weighted by Crippen LogP contribution is -2.07. The van der Waals surface area contributed by atoms with Crippen molar-refractivity contribution >= 4 is 0 Å². The highest BCUT2D eigenvalue weighted by atomic mass is 16.5. The zero-order valence-electron chi connectivity index (χ0n) is 14.6. The molecule has 0 radical (unpaired) electrons. The van der Waals surface area contributed by atoms with Gasteiger partial charge in [-0.25, -0.2) is 4.98 Å². The highest BCUT2D eigenvalue weighted by Gasteiger charge is 2.10. The summed E-state index contributed by atoms with van der Waals surface area (Å²) in [6, 6.07) is 9.72. The van der Waals surface area contributed by atoms with Gasteiger partial charge in [-0.1, -0.05) is 23.2 Å². The van der Waals surface area contributed by atoms with Crippen LogP contribution in [0.25, 0.3) is 0 Å². The molecule has 0 fully saturated rings. The van der Waals surface area contributed by atoms with Gasteiger partial charge in [-0.05, 0) is 43.4 Å². The number of imidazole rings is 1. The molecule has 0 aliphatic carbocycles. The van der Waals surface area contributed by atoms with Gasteiger partial charge in [0, 0.05) is 30.6 Å². The fraction of sp³-hybridized carbons (Fsp3) is 0.300. The number of aliphatic hydroxyl groups excluding tert-OH is 2. The average Bonchev–Trinajstić information content (AvgIpc) is 3.28. The molecule has 2 N–H and O–H groups in total. The predicted octanol–water partition coefficient (Wildman–Crippen LogP) is 2.30. The van der Waals surface area contributed by atoms with E-state index in [-0.39, 0.29) is 6.61 Å². The summed E-state index contributed by atoms with van der Waals surface area (Å²) in [4.78, 5) is 4.14. The van der Waals surface area contributed by atoms with Gasteiger partial charge >= 0.3 is 0 Å². The van der Waals surface area contributed by atoms with Crippen LogP contribution in [0.15, 0.2) is 47.2 Å². The molecule has 0 saturated carbocycles. The number of rotatable bonds is 6.